The topological polar surface area (TPSA) is 74.8 Å². The third-order valence-corrected chi connectivity index (χ3v) is 3.33. The van der Waals surface area contributed by atoms with Crippen LogP contribution in [0.4, 0.5) is 0 Å². The number of aromatic nitrogens is 2. The number of aryl methyl sites for hydroxylation is 1. The van der Waals surface area contributed by atoms with Crippen LogP contribution in [0.15, 0.2) is 42.6 Å². The molecular formula is C16H13N2O3Y-. The number of nitrogens with zero attached hydrogens (tertiary/aromatic N) is 2. The van der Waals surface area contributed by atoms with Gasteiger partial charge in [0.15, 0.2) is 6.10 Å². The molecule has 0 saturated carbocycles. The summed E-state index contributed by atoms with van der Waals surface area (Å²) in [4.78, 5) is 15.6. The second kappa shape index (κ2) is 6.69. The summed E-state index contributed by atoms with van der Waals surface area (Å²) >= 11 is 0. The number of carbonyl (C=O) groups is 1. The van der Waals surface area contributed by atoms with Crippen molar-refractivity contribution in [2.45, 2.75) is 13.0 Å². The Bertz CT molecular complexity index is 812. The Balaban J connectivity index is 0.00000176. The predicted octanol–water partition coefficient (Wildman–Crippen LogP) is 2.23. The van der Waals surface area contributed by atoms with E-state index < -0.39 is 12.1 Å². The number of aliphatic carboxylic acids is 1. The predicted molar refractivity (Wildman–Crippen MR) is 76.8 cm³/mol. The summed E-state index contributed by atoms with van der Waals surface area (Å²) in [5.41, 5.74) is 3.12. The summed E-state index contributed by atoms with van der Waals surface area (Å²) in [5, 5.41) is 19.1. The fourth-order valence-corrected chi connectivity index (χ4v) is 2.26. The van der Waals surface area contributed by atoms with Gasteiger partial charge in [-0.2, -0.15) is 6.07 Å². The SMILES string of the molecule is Cc1ccc(-c2nc3cc[c-]cn3c2C(O)C(=O)O)cc1.[Y]. The van der Waals surface area contributed by atoms with Crippen LogP contribution in [0.2, 0.25) is 0 Å². The van der Waals surface area contributed by atoms with Gasteiger partial charge < -0.3 is 14.6 Å². The van der Waals surface area contributed by atoms with E-state index in [4.69, 9.17) is 5.11 Å². The first kappa shape index (κ1) is 16.8. The van der Waals surface area contributed by atoms with Crippen LogP contribution in [0.3, 0.4) is 0 Å². The van der Waals surface area contributed by atoms with Gasteiger partial charge in [0, 0.05) is 38.3 Å². The first-order valence-electron chi connectivity index (χ1n) is 6.44. The molecule has 1 aromatic carbocycles. The van der Waals surface area contributed by atoms with Crippen LogP contribution in [0.5, 0.6) is 0 Å². The molecule has 5 nitrogen and oxygen atoms in total. The van der Waals surface area contributed by atoms with Crippen LogP contribution in [0.1, 0.15) is 17.4 Å². The van der Waals surface area contributed by atoms with Crippen LogP contribution in [0, 0.1) is 13.0 Å². The number of pyridine rings is 1. The summed E-state index contributed by atoms with van der Waals surface area (Å²) in [6.45, 7) is 1.97. The number of aliphatic hydroxyl groups excluding tert-OH is 1. The molecular weight excluding hydrogens is 357 g/mol. The van der Waals surface area contributed by atoms with Crippen molar-refractivity contribution in [1.82, 2.24) is 9.38 Å². The van der Waals surface area contributed by atoms with Crippen molar-refractivity contribution >= 4 is 11.6 Å². The van der Waals surface area contributed by atoms with Gasteiger partial charge in [0.2, 0.25) is 0 Å². The average Bonchev–Trinajstić information content (AvgIpc) is 2.86. The second-order valence-electron chi connectivity index (χ2n) is 4.81. The van der Waals surface area contributed by atoms with E-state index in [2.05, 4.69) is 11.1 Å². The van der Waals surface area contributed by atoms with E-state index in [0.717, 1.165) is 11.1 Å². The van der Waals surface area contributed by atoms with Crippen LogP contribution in [-0.4, -0.2) is 25.6 Å². The number of carboxylic acids is 1. The molecule has 22 heavy (non-hydrogen) atoms. The Morgan fingerprint density at radius 1 is 1.27 bits per heavy atom. The van der Waals surface area contributed by atoms with Crippen molar-refractivity contribution in [3.8, 4) is 11.3 Å². The van der Waals surface area contributed by atoms with E-state index in [0.29, 0.717) is 11.3 Å². The summed E-state index contributed by atoms with van der Waals surface area (Å²) in [6, 6.07) is 13.8. The Labute approximate surface area is 152 Å². The van der Waals surface area contributed by atoms with Crippen LogP contribution < -0.4 is 0 Å². The average molecular weight is 370 g/mol. The van der Waals surface area contributed by atoms with Gasteiger partial charge >= 0.3 is 5.97 Å². The molecule has 2 N–H and O–H groups in total. The molecule has 6 heteroatoms. The Kier molecular flexibility index (Phi) is 5.11. The van der Waals surface area contributed by atoms with Crippen molar-refractivity contribution < 1.29 is 47.7 Å². The molecule has 109 valence electrons. The van der Waals surface area contributed by atoms with E-state index in [-0.39, 0.29) is 38.4 Å². The van der Waals surface area contributed by atoms with Gasteiger partial charge in [-0.15, -0.1) is 0 Å². The zero-order valence-corrected chi connectivity index (χ0v) is 14.7. The molecule has 0 fully saturated rings. The molecule has 0 saturated heterocycles. The monoisotopic (exact) mass is 370 g/mol. The Hall–Kier alpha value is -1.56. The first-order chi connectivity index (χ1) is 10.1. The molecule has 3 rings (SSSR count). The number of imidazole rings is 1. The maximum atomic E-state index is 11.2. The molecule has 3 aromatic rings. The largest absolute Gasteiger partial charge is 0.479 e. The maximum absolute atomic E-state index is 11.2. The van der Waals surface area contributed by atoms with Gasteiger partial charge in [-0.05, 0) is 6.92 Å². The van der Waals surface area contributed by atoms with Gasteiger partial charge in [-0.25, -0.2) is 21.9 Å². The fourth-order valence-electron chi connectivity index (χ4n) is 2.26. The fraction of sp³-hybridized carbons (Fsp3) is 0.125. The van der Waals surface area contributed by atoms with Crippen LogP contribution >= 0.6 is 0 Å². The smallest absolute Gasteiger partial charge is 0.338 e. The molecule has 1 radical (unpaired) electrons. The normalized spacial score (nSPS) is 11.9. The third kappa shape index (κ3) is 2.97. The first-order valence-corrected chi connectivity index (χ1v) is 6.44. The van der Waals surface area contributed by atoms with Crippen molar-refractivity contribution in [1.29, 1.82) is 0 Å². The molecule has 1 atom stereocenters. The standard InChI is InChI=1S/C16H13N2O3.Y/c1-10-5-7-11(8-6-10)13-14(15(19)16(20)21)18-9-3-2-4-12(18)17-13;/h2,4-9,15,19H,1H3,(H,20,21);/q-1;. The van der Waals surface area contributed by atoms with Crippen molar-refractivity contribution in [2.24, 2.45) is 0 Å². The van der Waals surface area contributed by atoms with Gasteiger partial charge in [-0.1, -0.05) is 36.0 Å². The number of aliphatic hydroxyl groups is 1. The number of hydrogen-bond acceptors (Lipinski definition) is 3. The van der Waals surface area contributed by atoms with Crippen LogP contribution in [-0.2, 0) is 37.5 Å². The minimum absolute atomic E-state index is 0. The van der Waals surface area contributed by atoms with Crippen molar-refractivity contribution in [3.63, 3.8) is 0 Å². The summed E-state index contributed by atoms with van der Waals surface area (Å²) in [7, 11) is 0. The van der Waals surface area contributed by atoms with Gasteiger partial charge in [0.25, 0.3) is 0 Å². The quantitative estimate of drug-likeness (QED) is 0.694. The zero-order valence-electron chi connectivity index (χ0n) is 11.9. The van der Waals surface area contributed by atoms with E-state index in [1.807, 2.05) is 31.2 Å². The maximum Gasteiger partial charge on any atom is 0.338 e. The third-order valence-electron chi connectivity index (χ3n) is 3.33. The second-order valence-corrected chi connectivity index (χ2v) is 4.81. The molecule has 0 amide bonds. The molecule has 0 spiro atoms. The zero-order chi connectivity index (χ0) is 15.0. The Morgan fingerprint density at radius 2 is 1.95 bits per heavy atom. The Morgan fingerprint density at radius 3 is 2.59 bits per heavy atom. The molecule has 1 unspecified atom stereocenters. The summed E-state index contributed by atoms with van der Waals surface area (Å²) < 4.78 is 1.55. The number of rotatable bonds is 3. The molecule has 2 aromatic heterocycles. The van der Waals surface area contributed by atoms with Crippen molar-refractivity contribution in [2.75, 3.05) is 0 Å². The van der Waals surface area contributed by atoms with E-state index in [9.17, 15) is 9.90 Å². The van der Waals surface area contributed by atoms with Crippen LogP contribution in [0.25, 0.3) is 16.9 Å². The minimum Gasteiger partial charge on any atom is -0.479 e. The minimum atomic E-state index is -1.65. The van der Waals surface area contributed by atoms with E-state index >= 15 is 0 Å². The molecule has 0 aliphatic rings. The van der Waals surface area contributed by atoms with E-state index in [1.54, 1.807) is 22.7 Å². The number of fused-ring (bicyclic) bond motifs is 1. The molecule has 0 aliphatic heterocycles. The van der Waals surface area contributed by atoms with Gasteiger partial charge in [-0.3, -0.25) is 0 Å². The van der Waals surface area contributed by atoms with Gasteiger partial charge in [0.1, 0.15) is 0 Å². The summed E-state index contributed by atoms with van der Waals surface area (Å²) in [6.07, 6.45) is -0.0753. The molecule has 2 heterocycles. The van der Waals surface area contributed by atoms with Crippen molar-refractivity contribution in [3.05, 3.63) is 59.9 Å². The van der Waals surface area contributed by atoms with E-state index in [1.165, 1.54) is 0 Å². The number of benzene rings is 1. The molecule has 0 aliphatic carbocycles. The number of hydrogen-bond donors (Lipinski definition) is 2. The molecule has 0 bridgehead atoms. The number of carboxylic acid groups (broad SMARTS) is 1. The van der Waals surface area contributed by atoms with Gasteiger partial charge in [0.05, 0.1) is 17.0 Å². The summed E-state index contributed by atoms with van der Waals surface area (Å²) in [5.74, 6) is -1.31.